The Morgan fingerprint density at radius 1 is 1.00 bits per heavy atom. The number of carbonyl (C=O) groups is 2. The smallest absolute Gasteiger partial charge is 0.338 e. The fraction of sp³-hybridized carbons (Fsp3) is 0.296. The number of aryl methyl sites for hydroxylation is 2. The van der Waals surface area contributed by atoms with Crippen molar-refractivity contribution >= 4 is 34.7 Å². The number of benzene rings is 2. The molecule has 2 aromatic heterocycles. The van der Waals surface area contributed by atoms with Gasteiger partial charge in [-0.05, 0) is 44.4 Å². The van der Waals surface area contributed by atoms with Crippen molar-refractivity contribution in [3.05, 3.63) is 83.3 Å². The van der Waals surface area contributed by atoms with E-state index in [4.69, 9.17) is 14.2 Å². The van der Waals surface area contributed by atoms with Crippen molar-refractivity contribution in [3.8, 4) is 0 Å². The highest BCUT2D eigenvalue weighted by Crippen LogP contribution is 2.34. The molecule has 0 saturated carbocycles. The van der Waals surface area contributed by atoms with Gasteiger partial charge in [-0.2, -0.15) is 5.10 Å². The summed E-state index contributed by atoms with van der Waals surface area (Å²) in [5.41, 5.74) is 3.57. The van der Waals surface area contributed by atoms with Crippen LogP contribution >= 0.6 is 11.8 Å². The third-order valence-electron chi connectivity index (χ3n) is 6.21. The Morgan fingerprint density at radius 2 is 1.65 bits per heavy atom. The monoisotopic (exact) mass is 518 g/mol. The topological polar surface area (TPSA) is 105 Å². The molecule has 0 unspecified atom stereocenters. The molecule has 190 valence electrons. The number of ether oxygens (including phenoxy) is 3. The quantitative estimate of drug-likeness (QED) is 0.198. The molecule has 1 aliphatic rings. The first-order valence-electron chi connectivity index (χ1n) is 11.8. The molecule has 10 heteroatoms. The van der Waals surface area contributed by atoms with Crippen molar-refractivity contribution < 1.29 is 23.8 Å². The zero-order valence-corrected chi connectivity index (χ0v) is 21.5. The lowest BCUT2D eigenvalue weighted by Crippen LogP contribution is -2.32. The van der Waals surface area contributed by atoms with Gasteiger partial charge in [-0.15, -0.1) is 11.8 Å². The molecule has 4 aromatic rings. The summed E-state index contributed by atoms with van der Waals surface area (Å²) in [5, 5.41) is 6.09. The minimum Gasteiger partial charge on any atom is -0.459 e. The summed E-state index contributed by atoms with van der Waals surface area (Å²) in [6.45, 7) is 3.81. The van der Waals surface area contributed by atoms with Crippen LogP contribution in [0.5, 0.6) is 0 Å². The summed E-state index contributed by atoms with van der Waals surface area (Å²) in [6, 6.07) is 14.3. The molecule has 0 N–H and O–H groups in total. The van der Waals surface area contributed by atoms with Crippen LogP contribution in [0.2, 0.25) is 0 Å². The number of carbonyl (C=O) groups excluding carboxylic acids is 2. The van der Waals surface area contributed by atoms with Crippen LogP contribution in [0.4, 0.5) is 0 Å². The van der Waals surface area contributed by atoms with Gasteiger partial charge in [-0.1, -0.05) is 35.4 Å². The third kappa shape index (κ3) is 5.35. The van der Waals surface area contributed by atoms with Crippen molar-refractivity contribution in [2.45, 2.75) is 43.7 Å². The maximum absolute atomic E-state index is 12.9. The molecule has 0 radical (unpaired) electrons. The Balaban J connectivity index is 1.36. The van der Waals surface area contributed by atoms with E-state index in [9.17, 15) is 9.59 Å². The molecule has 37 heavy (non-hydrogen) atoms. The van der Waals surface area contributed by atoms with Gasteiger partial charge in [0.2, 0.25) is 0 Å². The number of hydrogen-bond acceptors (Lipinski definition) is 9. The van der Waals surface area contributed by atoms with Gasteiger partial charge in [0, 0.05) is 6.42 Å². The number of fused-ring (bicyclic) bond motifs is 1. The number of thioether (sulfide) groups is 1. The van der Waals surface area contributed by atoms with Gasteiger partial charge >= 0.3 is 11.9 Å². The summed E-state index contributed by atoms with van der Waals surface area (Å²) < 4.78 is 19.3. The number of esters is 2. The molecule has 0 aliphatic carbocycles. The van der Waals surface area contributed by atoms with Crippen LogP contribution in [0, 0.1) is 13.8 Å². The summed E-state index contributed by atoms with van der Waals surface area (Å²) in [4.78, 5) is 34.2. The maximum Gasteiger partial charge on any atom is 0.338 e. The molecule has 0 amide bonds. The third-order valence-corrected chi connectivity index (χ3v) is 6.92. The van der Waals surface area contributed by atoms with Gasteiger partial charge in [0.25, 0.3) is 0 Å². The molecule has 1 aliphatic heterocycles. The summed E-state index contributed by atoms with van der Waals surface area (Å²) in [6.07, 6.45) is 3.52. The highest BCUT2D eigenvalue weighted by atomic mass is 32.2. The molecule has 1 saturated heterocycles. The van der Waals surface area contributed by atoms with E-state index in [1.165, 1.54) is 18.1 Å². The van der Waals surface area contributed by atoms with Gasteiger partial charge in [0.15, 0.2) is 11.9 Å². The van der Waals surface area contributed by atoms with E-state index in [0.717, 1.165) is 21.5 Å². The maximum atomic E-state index is 12.9. The van der Waals surface area contributed by atoms with Crippen LogP contribution in [0.25, 0.3) is 11.0 Å². The molecule has 5 rings (SSSR count). The molecule has 2 aromatic carbocycles. The van der Waals surface area contributed by atoms with Gasteiger partial charge in [0.05, 0.1) is 22.7 Å². The molecular formula is C27H26N4O5S. The second kappa shape index (κ2) is 10.7. The molecule has 3 atom stereocenters. The lowest BCUT2D eigenvalue weighted by atomic mass is 10.1. The fourth-order valence-corrected chi connectivity index (χ4v) is 4.68. The lowest BCUT2D eigenvalue weighted by molar-refractivity contribution is -0.0590. The zero-order chi connectivity index (χ0) is 25.9. The number of hydrogen-bond donors (Lipinski definition) is 0. The Hall–Kier alpha value is -3.76. The average Bonchev–Trinajstić information content (AvgIpc) is 3.52. The Labute approximate surface area is 218 Å². The van der Waals surface area contributed by atoms with Crippen LogP contribution in [0.3, 0.4) is 0 Å². The molecule has 9 nitrogen and oxygen atoms in total. The van der Waals surface area contributed by atoms with Crippen LogP contribution < -0.4 is 0 Å². The van der Waals surface area contributed by atoms with Gasteiger partial charge in [-0.3, -0.25) is 0 Å². The number of rotatable bonds is 7. The normalized spacial score (nSPS) is 19.2. The van der Waals surface area contributed by atoms with E-state index in [1.54, 1.807) is 35.1 Å². The van der Waals surface area contributed by atoms with Crippen molar-refractivity contribution in [3.63, 3.8) is 0 Å². The van der Waals surface area contributed by atoms with Crippen molar-refractivity contribution in [2.75, 3.05) is 12.9 Å². The summed E-state index contributed by atoms with van der Waals surface area (Å²) in [5.74, 6) is -0.945. The van der Waals surface area contributed by atoms with Gasteiger partial charge in [0.1, 0.15) is 30.2 Å². The average molecular weight is 519 g/mol. The molecule has 0 spiro atoms. The molecule has 0 bridgehead atoms. The summed E-state index contributed by atoms with van der Waals surface area (Å²) in [7, 11) is 0. The summed E-state index contributed by atoms with van der Waals surface area (Å²) >= 11 is 1.50. The fourth-order valence-electron chi connectivity index (χ4n) is 4.16. The Kier molecular flexibility index (Phi) is 7.20. The van der Waals surface area contributed by atoms with Crippen LogP contribution in [0.15, 0.2) is 66.1 Å². The predicted octanol–water partition coefficient (Wildman–Crippen LogP) is 4.54. The van der Waals surface area contributed by atoms with E-state index < -0.39 is 30.4 Å². The first kappa shape index (κ1) is 24.9. The van der Waals surface area contributed by atoms with Crippen molar-refractivity contribution in [2.24, 2.45) is 0 Å². The zero-order valence-electron chi connectivity index (χ0n) is 20.7. The number of aromatic nitrogens is 4. The predicted molar refractivity (Wildman–Crippen MR) is 137 cm³/mol. The standard InChI is InChI=1S/C27H26N4O5S/c1-16-4-8-18(9-5-16)26(32)34-14-22-21(36-27(33)19-10-6-17(2)7-11-19)12-23(35-22)31-24-20(13-30-31)25(37-3)29-15-28-24/h4-11,13,15,21-23H,12,14H2,1-3H3/t21-,22+,23+/m0/s1. The molecular weight excluding hydrogens is 492 g/mol. The van der Waals surface area contributed by atoms with Crippen LogP contribution in [-0.4, -0.2) is 56.8 Å². The van der Waals surface area contributed by atoms with Crippen molar-refractivity contribution in [1.29, 1.82) is 0 Å². The van der Waals surface area contributed by atoms with Crippen LogP contribution in [-0.2, 0) is 14.2 Å². The minimum absolute atomic E-state index is 0.0840. The van der Waals surface area contributed by atoms with Crippen LogP contribution in [0.1, 0.15) is 44.5 Å². The number of nitrogens with zero attached hydrogens (tertiary/aromatic N) is 4. The minimum atomic E-state index is -0.685. The van der Waals surface area contributed by atoms with Crippen molar-refractivity contribution in [1.82, 2.24) is 19.7 Å². The molecule has 3 heterocycles. The molecule has 1 fully saturated rings. The Bertz CT molecular complexity index is 1420. The SMILES string of the molecule is CSc1ncnc2c1cnn2[C@H]1C[C@H](OC(=O)c2ccc(C)cc2)[C@@H](COC(=O)c2ccc(C)cc2)O1. The first-order valence-corrected chi connectivity index (χ1v) is 13.0. The largest absolute Gasteiger partial charge is 0.459 e. The second-order valence-electron chi connectivity index (χ2n) is 8.85. The van der Waals surface area contributed by atoms with Gasteiger partial charge in [-0.25, -0.2) is 24.2 Å². The first-order chi connectivity index (χ1) is 17.9. The van der Waals surface area contributed by atoms with E-state index >= 15 is 0 Å². The van der Waals surface area contributed by atoms with E-state index in [1.807, 2.05) is 44.4 Å². The highest BCUT2D eigenvalue weighted by molar-refractivity contribution is 7.98. The van der Waals surface area contributed by atoms with Gasteiger partial charge < -0.3 is 14.2 Å². The van der Waals surface area contributed by atoms with E-state index in [2.05, 4.69) is 15.1 Å². The Morgan fingerprint density at radius 3 is 2.30 bits per heavy atom. The highest BCUT2D eigenvalue weighted by Gasteiger charge is 2.41. The second-order valence-corrected chi connectivity index (χ2v) is 9.64. The van der Waals surface area contributed by atoms with E-state index in [0.29, 0.717) is 23.2 Å². The van der Waals surface area contributed by atoms with E-state index in [-0.39, 0.29) is 6.61 Å². The lowest BCUT2D eigenvalue weighted by Gasteiger charge is -2.19.